The second kappa shape index (κ2) is 10.3. The van der Waals surface area contributed by atoms with E-state index in [-0.39, 0.29) is 11.8 Å². The number of hydrogen-bond donors (Lipinski definition) is 1. The fraction of sp³-hybridized carbons (Fsp3) is 0.667. The summed E-state index contributed by atoms with van der Waals surface area (Å²) in [6.07, 6.45) is 3.26. The number of rotatable bonds is 10. The van der Waals surface area contributed by atoms with Gasteiger partial charge in [-0.3, -0.25) is 4.99 Å². The van der Waals surface area contributed by atoms with Gasteiger partial charge >= 0.3 is 0 Å². The molecule has 0 bridgehead atoms. The van der Waals surface area contributed by atoms with Crippen LogP contribution >= 0.6 is 0 Å². The third-order valence-electron chi connectivity index (χ3n) is 5.28. The molecule has 1 atom stereocenters. The van der Waals surface area contributed by atoms with Crippen molar-refractivity contribution in [2.45, 2.75) is 51.0 Å². The molecule has 1 aromatic rings. The van der Waals surface area contributed by atoms with Crippen molar-refractivity contribution in [1.82, 2.24) is 10.2 Å². The van der Waals surface area contributed by atoms with E-state index in [1.807, 2.05) is 38.8 Å². The van der Waals surface area contributed by atoms with Crippen LogP contribution in [0.4, 0.5) is 0 Å². The first kappa shape index (κ1) is 22.7. The van der Waals surface area contributed by atoms with E-state index in [2.05, 4.69) is 10.3 Å². The molecule has 6 nitrogen and oxygen atoms in total. The molecule has 7 heteroatoms. The highest BCUT2D eigenvalue weighted by molar-refractivity contribution is 7.91. The molecule has 0 heterocycles. The number of nitrogens with zero attached hydrogens (tertiary/aromatic N) is 2. The fourth-order valence-electron chi connectivity index (χ4n) is 2.90. The molecule has 158 valence electrons. The van der Waals surface area contributed by atoms with Gasteiger partial charge in [-0.25, -0.2) is 8.42 Å². The van der Waals surface area contributed by atoms with Crippen LogP contribution in [-0.4, -0.2) is 64.9 Å². The fourth-order valence-corrected chi connectivity index (χ4v) is 4.57. The van der Waals surface area contributed by atoms with Gasteiger partial charge in [0.25, 0.3) is 0 Å². The lowest BCUT2D eigenvalue weighted by Gasteiger charge is -2.26. The Kier molecular flexibility index (Phi) is 8.31. The Labute approximate surface area is 170 Å². The lowest BCUT2D eigenvalue weighted by Crippen LogP contribution is -2.47. The molecule has 0 saturated heterocycles. The Bertz CT molecular complexity index is 773. The SMILES string of the molecule is CCC(CS(=O)(=O)c1ccc(C)c(C)c1)NC(=NC)N(C)CCOCC1CC1. The molecule has 0 aliphatic heterocycles. The minimum absolute atomic E-state index is 0.0387. The van der Waals surface area contributed by atoms with Gasteiger partial charge in [0.1, 0.15) is 0 Å². The van der Waals surface area contributed by atoms with Gasteiger partial charge in [0.15, 0.2) is 15.8 Å². The zero-order valence-corrected chi connectivity index (χ0v) is 18.7. The van der Waals surface area contributed by atoms with E-state index < -0.39 is 9.84 Å². The molecule has 1 fully saturated rings. The van der Waals surface area contributed by atoms with E-state index in [1.165, 1.54) is 12.8 Å². The first-order chi connectivity index (χ1) is 13.3. The molecule has 0 aromatic heterocycles. The van der Waals surface area contributed by atoms with E-state index in [4.69, 9.17) is 4.74 Å². The minimum atomic E-state index is -3.37. The molecule has 1 aromatic carbocycles. The summed E-state index contributed by atoms with van der Waals surface area (Å²) in [5, 5.41) is 3.31. The van der Waals surface area contributed by atoms with Crippen molar-refractivity contribution >= 4 is 15.8 Å². The van der Waals surface area contributed by atoms with E-state index in [0.717, 1.165) is 23.7 Å². The Morgan fingerprint density at radius 3 is 2.61 bits per heavy atom. The topological polar surface area (TPSA) is 71.0 Å². The maximum Gasteiger partial charge on any atom is 0.193 e. The molecule has 1 aliphatic rings. The Balaban J connectivity index is 1.93. The van der Waals surface area contributed by atoms with Crippen LogP contribution in [0.2, 0.25) is 0 Å². The zero-order valence-electron chi connectivity index (χ0n) is 17.9. The molecule has 0 radical (unpaired) electrons. The van der Waals surface area contributed by atoms with Crippen LogP contribution in [0.3, 0.4) is 0 Å². The van der Waals surface area contributed by atoms with Crippen LogP contribution in [0.1, 0.15) is 37.3 Å². The van der Waals surface area contributed by atoms with Crippen LogP contribution in [0, 0.1) is 19.8 Å². The Hall–Kier alpha value is -1.60. The average Bonchev–Trinajstić information content (AvgIpc) is 3.48. The molecule has 0 spiro atoms. The maximum atomic E-state index is 12.9. The third-order valence-corrected chi connectivity index (χ3v) is 7.09. The zero-order chi connectivity index (χ0) is 20.7. The maximum absolute atomic E-state index is 12.9. The summed E-state index contributed by atoms with van der Waals surface area (Å²) in [5.74, 6) is 1.48. The number of aryl methyl sites for hydroxylation is 2. The summed E-state index contributed by atoms with van der Waals surface area (Å²) >= 11 is 0. The Morgan fingerprint density at radius 2 is 2.04 bits per heavy atom. The van der Waals surface area contributed by atoms with Gasteiger partial charge in [0.2, 0.25) is 0 Å². The molecule has 2 rings (SSSR count). The Morgan fingerprint density at radius 1 is 1.32 bits per heavy atom. The van der Waals surface area contributed by atoms with Crippen molar-refractivity contribution in [2.24, 2.45) is 10.9 Å². The normalized spacial score (nSPS) is 16.1. The monoisotopic (exact) mass is 409 g/mol. The standard InChI is InChI=1S/C21H35N3O3S/c1-6-19(15-28(25,26)20-10-7-16(2)17(3)13-20)23-21(22-4)24(5)11-12-27-14-18-8-9-18/h7,10,13,18-19H,6,8-9,11-12,14-15H2,1-5H3,(H,22,23). The van der Waals surface area contributed by atoms with Crippen LogP contribution in [0.25, 0.3) is 0 Å². The van der Waals surface area contributed by atoms with Crippen LogP contribution in [0.5, 0.6) is 0 Å². The number of ether oxygens (including phenoxy) is 1. The van der Waals surface area contributed by atoms with Crippen molar-refractivity contribution in [2.75, 3.05) is 39.6 Å². The van der Waals surface area contributed by atoms with E-state index in [9.17, 15) is 8.42 Å². The number of nitrogens with one attached hydrogen (secondary N) is 1. The van der Waals surface area contributed by atoms with E-state index in [1.54, 1.807) is 19.2 Å². The lowest BCUT2D eigenvalue weighted by atomic mass is 10.1. The molecule has 1 aliphatic carbocycles. The summed E-state index contributed by atoms with van der Waals surface area (Å²) in [5.41, 5.74) is 2.08. The van der Waals surface area contributed by atoms with Gasteiger partial charge in [0.05, 0.1) is 17.3 Å². The second-order valence-electron chi connectivity index (χ2n) is 7.76. The second-order valence-corrected chi connectivity index (χ2v) is 9.80. The number of hydrogen-bond acceptors (Lipinski definition) is 4. The molecule has 1 unspecified atom stereocenters. The number of aliphatic imine (C=N–C) groups is 1. The van der Waals surface area contributed by atoms with E-state index in [0.29, 0.717) is 30.4 Å². The number of benzene rings is 1. The molecule has 1 N–H and O–H groups in total. The summed E-state index contributed by atoms with van der Waals surface area (Å²) in [6.45, 7) is 8.10. The summed E-state index contributed by atoms with van der Waals surface area (Å²) in [4.78, 5) is 6.68. The molecule has 1 saturated carbocycles. The third kappa shape index (κ3) is 6.78. The highest BCUT2D eigenvalue weighted by Crippen LogP contribution is 2.28. The van der Waals surface area contributed by atoms with Crippen LogP contribution in [-0.2, 0) is 14.6 Å². The smallest absolute Gasteiger partial charge is 0.193 e. The van der Waals surface area contributed by atoms with Crippen molar-refractivity contribution in [3.05, 3.63) is 29.3 Å². The van der Waals surface area contributed by atoms with Crippen LogP contribution < -0.4 is 5.32 Å². The highest BCUT2D eigenvalue weighted by Gasteiger charge is 2.23. The molecule has 0 amide bonds. The molecule has 28 heavy (non-hydrogen) atoms. The lowest BCUT2D eigenvalue weighted by molar-refractivity contribution is 0.115. The van der Waals surface area contributed by atoms with Gasteiger partial charge in [-0.05, 0) is 62.3 Å². The number of likely N-dealkylation sites (N-methyl/N-ethyl adjacent to an activating group) is 1. The van der Waals surface area contributed by atoms with Gasteiger partial charge in [-0.2, -0.15) is 0 Å². The van der Waals surface area contributed by atoms with Gasteiger partial charge in [-0.1, -0.05) is 13.0 Å². The first-order valence-corrected chi connectivity index (χ1v) is 11.7. The highest BCUT2D eigenvalue weighted by atomic mass is 32.2. The molecular weight excluding hydrogens is 374 g/mol. The van der Waals surface area contributed by atoms with Gasteiger partial charge < -0.3 is 15.0 Å². The van der Waals surface area contributed by atoms with Gasteiger partial charge in [0, 0.05) is 33.3 Å². The minimum Gasteiger partial charge on any atom is -0.379 e. The predicted octanol–water partition coefficient (Wildman–Crippen LogP) is 2.79. The largest absolute Gasteiger partial charge is 0.379 e. The predicted molar refractivity (Wildman–Crippen MR) is 115 cm³/mol. The number of guanidine groups is 1. The van der Waals surface area contributed by atoms with E-state index >= 15 is 0 Å². The van der Waals surface area contributed by atoms with Crippen molar-refractivity contribution in [3.8, 4) is 0 Å². The van der Waals surface area contributed by atoms with Crippen LogP contribution in [0.15, 0.2) is 28.1 Å². The van der Waals surface area contributed by atoms with Crippen molar-refractivity contribution in [1.29, 1.82) is 0 Å². The first-order valence-electron chi connectivity index (χ1n) is 10.1. The van der Waals surface area contributed by atoms with Crippen molar-refractivity contribution in [3.63, 3.8) is 0 Å². The number of sulfone groups is 1. The summed E-state index contributed by atoms with van der Waals surface area (Å²) in [7, 11) is 0.287. The summed E-state index contributed by atoms with van der Waals surface area (Å²) < 4.78 is 31.4. The molecular formula is C21H35N3O3S. The quantitative estimate of drug-likeness (QED) is 0.366. The average molecular weight is 410 g/mol. The van der Waals surface area contributed by atoms with Crippen molar-refractivity contribution < 1.29 is 13.2 Å². The summed E-state index contributed by atoms with van der Waals surface area (Å²) in [6, 6.07) is 5.11. The van der Waals surface area contributed by atoms with Gasteiger partial charge in [-0.15, -0.1) is 0 Å².